The monoisotopic (exact) mass is 563 g/mol. The summed E-state index contributed by atoms with van der Waals surface area (Å²) < 4.78 is 40.7. The molecule has 0 bridgehead atoms. The number of thiophene rings is 1. The summed E-state index contributed by atoms with van der Waals surface area (Å²) in [7, 11) is 0. The number of anilines is 1. The van der Waals surface area contributed by atoms with Crippen LogP contribution >= 0.6 is 11.3 Å². The van der Waals surface area contributed by atoms with Crippen LogP contribution in [0.25, 0.3) is 21.1 Å². The van der Waals surface area contributed by atoms with Crippen LogP contribution in [0.2, 0.25) is 0 Å². The number of aryl methyl sites for hydroxylation is 1. The molecule has 2 aliphatic rings. The van der Waals surface area contributed by atoms with Gasteiger partial charge < -0.3 is 9.88 Å². The van der Waals surface area contributed by atoms with Crippen LogP contribution in [0.3, 0.4) is 0 Å². The van der Waals surface area contributed by atoms with Crippen LogP contribution in [0.15, 0.2) is 47.4 Å². The minimum absolute atomic E-state index is 0.185. The summed E-state index contributed by atoms with van der Waals surface area (Å²) in [6.07, 6.45) is 2.61. The molecule has 40 heavy (non-hydrogen) atoms. The van der Waals surface area contributed by atoms with E-state index in [1.165, 1.54) is 23.0 Å². The van der Waals surface area contributed by atoms with E-state index in [1.54, 1.807) is 6.07 Å². The number of benzene rings is 1. The SMILES string of the molecule is Cc1c(CN2CCC(Nc3ncnc4sc(CC(F)(F)F)cc34)CC2)ccc2c1cc(C#N)n2CC1=CN=CC1. The first-order chi connectivity index (χ1) is 19.3. The number of halogens is 3. The second kappa shape index (κ2) is 10.7. The quantitative estimate of drug-likeness (QED) is 0.283. The highest BCUT2D eigenvalue weighted by Crippen LogP contribution is 2.33. The van der Waals surface area contributed by atoms with Gasteiger partial charge in [0.1, 0.15) is 28.7 Å². The highest BCUT2D eigenvalue weighted by Gasteiger charge is 2.29. The van der Waals surface area contributed by atoms with E-state index in [-0.39, 0.29) is 10.9 Å². The van der Waals surface area contributed by atoms with Crippen molar-refractivity contribution < 1.29 is 13.2 Å². The highest BCUT2D eigenvalue weighted by molar-refractivity contribution is 7.18. The molecule has 206 valence electrons. The number of nitriles is 1. The maximum Gasteiger partial charge on any atom is 0.393 e. The number of aromatic nitrogens is 3. The summed E-state index contributed by atoms with van der Waals surface area (Å²) in [6, 6.07) is 10.4. The zero-order chi connectivity index (χ0) is 27.9. The Kier molecular flexibility index (Phi) is 7.06. The summed E-state index contributed by atoms with van der Waals surface area (Å²) >= 11 is 1.07. The van der Waals surface area contributed by atoms with Gasteiger partial charge in [-0.1, -0.05) is 6.07 Å². The van der Waals surface area contributed by atoms with Crippen molar-refractivity contribution in [3.8, 4) is 6.07 Å². The van der Waals surface area contributed by atoms with Crippen molar-refractivity contribution in [3.05, 3.63) is 64.1 Å². The van der Waals surface area contributed by atoms with Crippen molar-refractivity contribution in [3.63, 3.8) is 0 Å². The third-order valence-corrected chi connectivity index (χ3v) is 8.78. The summed E-state index contributed by atoms with van der Waals surface area (Å²) in [5.74, 6) is 0.604. The topological polar surface area (TPSA) is 82.1 Å². The van der Waals surface area contributed by atoms with Crippen LogP contribution < -0.4 is 5.32 Å². The Balaban J connectivity index is 1.11. The molecule has 4 aromatic rings. The molecule has 0 atom stereocenters. The van der Waals surface area contributed by atoms with Crippen LogP contribution in [-0.2, 0) is 19.5 Å². The number of fused-ring (bicyclic) bond motifs is 2. The minimum Gasteiger partial charge on any atom is -0.367 e. The number of likely N-dealkylation sites (tertiary alicyclic amines) is 1. The molecule has 0 aliphatic carbocycles. The van der Waals surface area contributed by atoms with E-state index in [0.717, 1.165) is 61.1 Å². The molecule has 1 N–H and O–H groups in total. The van der Waals surface area contributed by atoms with Crippen molar-refractivity contribution in [1.82, 2.24) is 19.4 Å². The maximum atomic E-state index is 12.9. The van der Waals surface area contributed by atoms with E-state index in [0.29, 0.717) is 28.3 Å². The largest absolute Gasteiger partial charge is 0.393 e. The molecule has 1 aromatic carbocycles. The van der Waals surface area contributed by atoms with Gasteiger partial charge in [0.25, 0.3) is 0 Å². The zero-order valence-electron chi connectivity index (χ0n) is 22.0. The molecule has 0 amide bonds. The number of aliphatic imine (C=N–C) groups is 1. The number of allylic oxidation sites excluding steroid dienone is 1. The number of hydrogen-bond donors (Lipinski definition) is 1. The molecule has 1 fully saturated rings. The van der Waals surface area contributed by atoms with Gasteiger partial charge in [0.15, 0.2) is 0 Å². The second-order valence-corrected chi connectivity index (χ2v) is 11.6. The Morgan fingerprint density at radius 1 is 1.12 bits per heavy atom. The molecule has 3 aromatic heterocycles. The lowest BCUT2D eigenvalue weighted by atomic mass is 10.0. The first kappa shape index (κ1) is 26.5. The molecule has 5 heterocycles. The van der Waals surface area contributed by atoms with Crippen molar-refractivity contribution in [2.45, 2.75) is 57.9 Å². The first-order valence-corrected chi connectivity index (χ1v) is 14.1. The predicted octanol–water partition coefficient (Wildman–Crippen LogP) is 6.37. The standard InChI is InChI=1S/C29H28F3N7S/c1-18-20(2-3-26-24(18)10-22(13-33)39(26)15-19-4-7-34-14-19)16-38-8-5-21(6-9-38)37-27-25-11-23(12-29(30,31)32)40-28(25)36-17-35-27/h2-3,7,10-11,14,17,21H,4-6,8-9,12,15-16H2,1H3,(H,35,36,37). The van der Waals surface area contributed by atoms with Gasteiger partial charge in [-0.25, -0.2) is 9.97 Å². The fraction of sp³-hybridized carbons (Fsp3) is 0.379. The summed E-state index contributed by atoms with van der Waals surface area (Å²) in [5, 5.41) is 15.0. The molecule has 0 radical (unpaired) electrons. The Hall–Kier alpha value is -3.75. The Morgan fingerprint density at radius 3 is 2.67 bits per heavy atom. The molecule has 6 rings (SSSR count). The third kappa shape index (κ3) is 5.46. The van der Waals surface area contributed by atoms with E-state index in [4.69, 9.17) is 0 Å². The number of alkyl halides is 3. The fourth-order valence-electron chi connectivity index (χ4n) is 5.62. The number of piperidine rings is 1. The van der Waals surface area contributed by atoms with Gasteiger partial charge in [0.2, 0.25) is 0 Å². The van der Waals surface area contributed by atoms with Gasteiger partial charge >= 0.3 is 6.18 Å². The van der Waals surface area contributed by atoms with Crippen LogP contribution in [0.5, 0.6) is 0 Å². The highest BCUT2D eigenvalue weighted by atomic mass is 32.1. The van der Waals surface area contributed by atoms with Crippen LogP contribution in [-0.4, -0.2) is 51.0 Å². The number of hydrogen-bond acceptors (Lipinski definition) is 7. The summed E-state index contributed by atoms with van der Waals surface area (Å²) in [4.78, 5) is 16.0. The zero-order valence-corrected chi connectivity index (χ0v) is 22.8. The Morgan fingerprint density at radius 2 is 1.95 bits per heavy atom. The molecule has 1 saturated heterocycles. The average Bonchev–Trinajstić information content (AvgIpc) is 3.66. The van der Waals surface area contributed by atoms with Crippen molar-refractivity contribution in [2.75, 3.05) is 18.4 Å². The summed E-state index contributed by atoms with van der Waals surface area (Å²) in [5.41, 5.74) is 5.36. The Bertz CT molecular complexity index is 1670. The smallest absolute Gasteiger partial charge is 0.367 e. The van der Waals surface area contributed by atoms with Crippen molar-refractivity contribution in [2.24, 2.45) is 4.99 Å². The van der Waals surface area contributed by atoms with E-state index in [9.17, 15) is 18.4 Å². The normalized spacial score (nSPS) is 16.6. The second-order valence-electron chi connectivity index (χ2n) is 10.5. The predicted molar refractivity (Wildman–Crippen MR) is 152 cm³/mol. The number of rotatable bonds is 7. The first-order valence-electron chi connectivity index (χ1n) is 13.3. The third-order valence-electron chi connectivity index (χ3n) is 7.74. The molecular weight excluding hydrogens is 535 g/mol. The van der Waals surface area contributed by atoms with Crippen LogP contribution in [0.1, 0.15) is 41.0 Å². The molecular formula is C29H28F3N7S. The van der Waals surface area contributed by atoms with E-state index in [1.807, 2.05) is 18.5 Å². The van der Waals surface area contributed by atoms with Crippen molar-refractivity contribution >= 4 is 44.5 Å². The number of nitrogens with one attached hydrogen (secondary N) is 1. The summed E-state index contributed by atoms with van der Waals surface area (Å²) in [6.45, 7) is 5.41. The average molecular weight is 564 g/mol. The van der Waals surface area contributed by atoms with E-state index >= 15 is 0 Å². The van der Waals surface area contributed by atoms with E-state index < -0.39 is 12.6 Å². The lowest BCUT2D eigenvalue weighted by Gasteiger charge is -2.33. The fourth-order valence-corrected chi connectivity index (χ4v) is 6.65. The molecule has 11 heteroatoms. The lowest BCUT2D eigenvalue weighted by molar-refractivity contribution is -0.126. The molecule has 7 nitrogen and oxygen atoms in total. The van der Waals surface area contributed by atoms with Gasteiger partial charge in [-0.3, -0.25) is 9.89 Å². The van der Waals surface area contributed by atoms with Gasteiger partial charge in [0.05, 0.1) is 11.8 Å². The van der Waals surface area contributed by atoms with Gasteiger partial charge in [-0.2, -0.15) is 18.4 Å². The van der Waals surface area contributed by atoms with E-state index in [2.05, 4.69) is 54.9 Å². The Labute approximate surface area is 233 Å². The van der Waals surface area contributed by atoms with Crippen LogP contribution in [0.4, 0.5) is 19.0 Å². The minimum atomic E-state index is -4.25. The van der Waals surface area contributed by atoms with Gasteiger partial charge in [-0.15, -0.1) is 11.3 Å². The van der Waals surface area contributed by atoms with Gasteiger partial charge in [-0.05, 0) is 54.7 Å². The maximum absolute atomic E-state index is 12.9. The van der Waals surface area contributed by atoms with Gasteiger partial charge in [0, 0.05) is 66.8 Å². The molecule has 0 spiro atoms. The molecule has 0 saturated carbocycles. The lowest BCUT2D eigenvalue weighted by Crippen LogP contribution is -2.39. The number of nitrogens with zero attached hydrogens (tertiary/aromatic N) is 6. The van der Waals surface area contributed by atoms with Crippen LogP contribution in [0, 0.1) is 18.3 Å². The van der Waals surface area contributed by atoms with Crippen molar-refractivity contribution in [1.29, 1.82) is 5.26 Å². The molecule has 0 unspecified atom stereocenters. The molecule has 2 aliphatic heterocycles.